The first-order valence-electron chi connectivity index (χ1n) is 10.5. The van der Waals surface area contributed by atoms with E-state index in [1.807, 2.05) is 43.7 Å². The van der Waals surface area contributed by atoms with Crippen LogP contribution in [0.3, 0.4) is 0 Å². The van der Waals surface area contributed by atoms with Gasteiger partial charge < -0.3 is 5.32 Å². The molecule has 1 amide bonds. The highest BCUT2D eigenvalue weighted by Crippen LogP contribution is 2.35. The van der Waals surface area contributed by atoms with Gasteiger partial charge in [0.2, 0.25) is 5.91 Å². The van der Waals surface area contributed by atoms with E-state index < -0.39 is 0 Å². The van der Waals surface area contributed by atoms with Gasteiger partial charge in [0.25, 0.3) is 0 Å². The molecule has 0 aliphatic carbocycles. The van der Waals surface area contributed by atoms with Gasteiger partial charge in [0.05, 0.1) is 11.6 Å². The average Bonchev–Trinajstić information content (AvgIpc) is 2.78. The summed E-state index contributed by atoms with van der Waals surface area (Å²) in [4.78, 5) is 19.3. The Morgan fingerprint density at radius 1 is 0.968 bits per heavy atom. The number of nitrogens with one attached hydrogen (secondary N) is 1. The summed E-state index contributed by atoms with van der Waals surface area (Å²) in [6.07, 6.45) is 4.67. The number of anilines is 1. The molecule has 0 fully saturated rings. The van der Waals surface area contributed by atoms with Gasteiger partial charge >= 0.3 is 0 Å². The lowest BCUT2D eigenvalue weighted by Gasteiger charge is -2.20. The summed E-state index contributed by atoms with van der Waals surface area (Å²) in [6, 6.07) is 20.7. The summed E-state index contributed by atoms with van der Waals surface area (Å²) < 4.78 is 0. The van der Waals surface area contributed by atoms with Gasteiger partial charge in [-0.3, -0.25) is 4.79 Å². The SMILES string of the molecule is CSc1cc(C)nc(SC)c1NC(=O)C(Cc1ccccc1)c1ccc(C(C)C)cc1. The number of aryl methyl sites for hydroxylation is 1. The molecule has 0 aliphatic rings. The number of carbonyl (C=O) groups is 1. The number of nitrogens with zero attached hydrogens (tertiary/aromatic N) is 1. The zero-order chi connectivity index (χ0) is 22.4. The van der Waals surface area contributed by atoms with Crippen LogP contribution in [0.25, 0.3) is 0 Å². The van der Waals surface area contributed by atoms with Gasteiger partial charge in [-0.25, -0.2) is 4.98 Å². The summed E-state index contributed by atoms with van der Waals surface area (Å²) in [5.41, 5.74) is 5.22. The number of thioether (sulfide) groups is 2. The van der Waals surface area contributed by atoms with Crippen LogP contribution in [0.1, 0.15) is 48.1 Å². The Morgan fingerprint density at radius 2 is 1.61 bits per heavy atom. The largest absolute Gasteiger partial charge is 0.322 e. The molecule has 3 nitrogen and oxygen atoms in total. The number of aromatic nitrogens is 1. The number of pyridine rings is 1. The van der Waals surface area contributed by atoms with Crippen LogP contribution in [-0.4, -0.2) is 23.4 Å². The van der Waals surface area contributed by atoms with Gasteiger partial charge in [-0.2, -0.15) is 0 Å². The van der Waals surface area contributed by atoms with E-state index in [1.165, 1.54) is 5.56 Å². The van der Waals surface area contributed by atoms with Crippen molar-refractivity contribution in [3.63, 3.8) is 0 Å². The lowest BCUT2D eigenvalue weighted by molar-refractivity contribution is -0.117. The van der Waals surface area contributed by atoms with Gasteiger partial charge in [0, 0.05) is 10.6 Å². The minimum Gasteiger partial charge on any atom is -0.322 e. The van der Waals surface area contributed by atoms with E-state index in [0.29, 0.717) is 12.3 Å². The number of hydrogen-bond donors (Lipinski definition) is 1. The third kappa shape index (κ3) is 5.92. The average molecular weight is 451 g/mol. The van der Waals surface area contributed by atoms with Crippen LogP contribution in [-0.2, 0) is 11.2 Å². The second kappa shape index (κ2) is 10.9. The van der Waals surface area contributed by atoms with Gasteiger partial charge in [0.15, 0.2) is 0 Å². The van der Waals surface area contributed by atoms with E-state index >= 15 is 0 Å². The van der Waals surface area contributed by atoms with Crippen molar-refractivity contribution in [3.05, 3.63) is 83.0 Å². The molecule has 1 atom stereocenters. The highest BCUT2D eigenvalue weighted by molar-refractivity contribution is 7.99. The quantitative estimate of drug-likeness (QED) is 0.378. The number of amides is 1. The second-order valence-corrected chi connectivity index (χ2v) is 9.55. The van der Waals surface area contributed by atoms with Crippen LogP contribution in [0.15, 0.2) is 70.6 Å². The van der Waals surface area contributed by atoms with Crippen LogP contribution in [0, 0.1) is 6.92 Å². The number of benzene rings is 2. The maximum Gasteiger partial charge on any atom is 0.232 e. The smallest absolute Gasteiger partial charge is 0.232 e. The molecule has 0 saturated heterocycles. The molecule has 3 aromatic rings. The third-order valence-corrected chi connectivity index (χ3v) is 6.79. The van der Waals surface area contributed by atoms with Crippen molar-refractivity contribution >= 4 is 35.1 Å². The van der Waals surface area contributed by atoms with E-state index in [-0.39, 0.29) is 11.8 Å². The van der Waals surface area contributed by atoms with E-state index in [1.54, 1.807) is 23.5 Å². The minimum atomic E-state index is -0.283. The van der Waals surface area contributed by atoms with Gasteiger partial charge in [-0.1, -0.05) is 68.4 Å². The fourth-order valence-electron chi connectivity index (χ4n) is 3.57. The first-order chi connectivity index (χ1) is 14.9. The van der Waals surface area contributed by atoms with Crippen LogP contribution in [0.5, 0.6) is 0 Å². The molecule has 1 aromatic heterocycles. The predicted molar refractivity (Wildman–Crippen MR) is 135 cm³/mol. The molecule has 0 saturated carbocycles. The van der Waals surface area contributed by atoms with Crippen LogP contribution >= 0.6 is 23.5 Å². The third-order valence-electron chi connectivity index (χ3n) is 5.34. The summed E-state index contributed by atoms with van der Waals surface area (Å²) in [6.45, 7) is 6.35. The molecule has 162 valence electrons. The molecule has 2 aromatic carbocycles. The van der Waals surface area contributed by atoms with Crippen molar-refractivity contribution in [2.75, 3.05) is 17.8 Å². The monoisotopic (exact) mass is 450 g/mol. The molecule has 5 heteroatoms. The first-order valence-corrected chi connectivity index (χ1v) is 12.9. The standard InChI is InChI=1S/C26H30N2OS2/c1-17(2)20-11-13-21(14-12-20)22(16-19-9-7-6-8-10-19)25(29)28-24-23(30-4)15-18(3)27-26(24)31-5/h6-15,17,22H,16H2,1-5H3,(H,28,29). The Morgan fingerprint density at radius 3 is 2.19 bits per heavy atom. The fraction of sp³-hybridized carbons (Fsp3) is 0.308. The molecule has 31 heavy (non-hydrogen) atoms. The van der Waals surface area contributed by atoms with Crippen LogP contribution < -0.4 is 5.32 Å². The summed E-state index contributed by atoms with van der Waals surface area (Å²) in [5.74, 6) is 0.175. The van der Waals surface area contributed by atoms with Gasteiger partial charge in [-0.15, -0.1) is 23.5 Å². The summed E-state index contributed by atoms with van der Waals surface area (Å²) >= 11 is 3.19. The Balaban J connectivity index is 1.96. The number of carbonyl (C=O) groups excluding carboxylic acids is 1. The van der Waals surface area contributed by atoms with Gasteiger partial charge in [0.1, 0.15) is 5.03 Å². The van der Waals surface area contributed by atoms with Crippen LogP contribution in [0.2, 0.25) is 0 Å². The highest BCUT2D eigenvalue weighted by atomic mass is 32.2. The zero-order valence-electron chi connectivity index (χ0n) is 18.8. The molecule has 0 aliphatic heterocycles. The molecule has 1 unspecified atom stereocenters. The van der Waals surface area contributed by atoms with Crippen LogP contribution in [0.4, 0.5) is 5.69 Å². The van der Waals surface area contributed by atoms with Crippen molar-refractivity contribution in [1.82, 2.24) is 4.98 Å². The van der Waals surface area contributed by atoms with Gasteiger partial charge in [-0.05, 0) is 54.5 Å². The maximum atomic E-state index is 13.6. The maximum absolute atomic E-state index is 13.6. The van der Waals surface area contributed by atoms with E-state index in [0.717, 1.165) is 32.4 Å². The Bertz CT molecular complexity index is 992. The lowest BCUT2D eigenvalue weighted by atomic mass is 9.89. The fourth-order valence-corrected chi connectivity index (χ4v) is 4.88. The molecule has 1 heterocycles. The number of rotatable bonds is 8. The predicted octanol–water partition coefficient (Wildman–Crippen LogP) is 6.92. The topological polar surface area (TPSA) is 42.0 Å². The molecule has 0 spiro atoms. The van der Waals surface area contributed by atoms with E-state index in [9.17, 15) is 4.79 Å². The Hall–Kier alpha value is -2.24. The normalized spacial score (nSPS) is 12.1. The Labute approximate surface area is 194 Å². The summed E-state index contributed by atoms with van der Waals surface area (Å²) in [7, 11) is 0. The molecule has 1 N–H and O–H groups in total. The zero-order valence-corrected chi connectivity index (χ0v) is 20.4. The molecular weight excluding hydrogens is 420 g/mol. The van der Waals surface area contributed by atoms with Crippen molar-refractivity contribution in [2.24, 2.45) is 0 Å². The number of hydrogen-bond acceptors (Lipinski definition) is 4. The van der Waals surface area contributed by atoms with E-state index in [2.05, 4.69) is 60.5 Å². The lowest BCUT2D eigenvalue weighted by Crippen LogP contribution is -2.24. The highest BCUT2D eigenvalue weighted by Gasteiger charge is 2.24. The molecule has 0 radical (unpaired) electrons. The molecule has 0 bridgehead atoms. The Kier molecular flexibility index (Phi) is 8.22. The van der Waals surface area contributed by atoms with Crippen molar-refractivity contribution in [1.29, 1.82) is 0 Å². The minimum absolute atomic E-state index is 0.00240. The molecule has 3 rings (SSSR count). The summed E-state index contributed by atoms with van der Waals surface area (Å²) in [5, 5.41) is 4.07. The van der Waals surface area contributed by atoms with Crippen molar-refractivity contribution in [3.8, 4) is 0 Å². The van der Waals surface area contributed by atoms with Crippen molar-refractivity contribution in [2.45, 2.75) is 48.9 Å². The second-order valence-electron chi connectivity index (χ2n) is 7.90. The van der Waals surface area contributed by atoms with E-state index in [4.69, 9.17) is 0 Å². The van der Waals surface area contributed by atoms with Crippen molar-refractivity contribution < 1.29 is 4.79 Å². The molecular formula is C26H30N2OS2. The first kappa shape index (κ1) is 23.4.